The van der Waals surface area contributed by atoms with Crippen LogP contribution < -0.4 is 11.1 Å². The van der Waals surface area contributed by atoms with Crippen molar-refractivity contribution in [2.75, 3.05) is 46.8 Å². The van der Waals surface area contributed by atoms with E-state index in [9.17, 15) is 9.59 Å². The van der Waals surface area contributed by atoms with Gasteiger partial charge in [-0.05, 0) is 26.4 Å². The Kier molecular flexibility index (Phi) is 9.22. The molecule has 0 atom stereocenters. The van der Waals surface area contributed by atoms with Crippen molar-refractivity contribution in [1.29, 1.82) is 0 Å². The summed E-state index contributed by atoms with van der Waals surface area (Å²) in [5.74, 6) is -0.0361. The Morgan fingerprint density at radius 2 is 1.89 bits per heavy atom. The summed E-state index contributed by atoms with van der Waals surface area (Å²) in [6.07, 6.45) is 1.71. The minimum absolute atomic E-state index is 0.00856. The maximum Gasteiger partial charge on any atom is 0.236 e. The lowest BCUT2D eigenvalue weighted by Gasteiger charge is -2.21. The minimum atomic E-state index is -0.0447. The van der Waals surface area contributed by atoms with Gasteiger partial charge in [0.05, 0.1) is 13.1 Å². The molecule has 0 unspecified atom stereocenters. The van der Waals surface area contributed by atoms with Gasteiger partial charge in [-0.3, -0.25) is 14.5 Å². The predicted octanol–water partition coefficient (Wildman–Crippen LogP) is -0.748. The summed E-state index contributed by atoms with van der Waals surface area (Å²) in [7, 11) is 3.52. The van der Waals surface area contributed by atoms with E-state index in [1.165, 1.54) is 0 Å². The Labute approximate surface area is 109 Å². The molecule has 2 amide bonds. The Balaban J connectivity index is 3.88. The molecular formula is C12H26N4O2. The quantitative estimate of drug-likeness (QED) is 0.570. The molecule has 0 bridgehead atoms. The molecule has 0 aromatic rings. The second-order valence-electron chi connectivity index (χ2n) is 4.48. The van der Waals surface area contributed by atoms with Crippen LogP contribution in [0.3, 0.4) is 0 Å². The summed E-state index contributed by atoms with van der Waals surface area (Å²) in [5.41, 5.74) is 5.39. The zero-order valence-corrected chi connectivity index (χ0v) is 11.7. The number of amides is 2. The maximum absolute atomic E-state index is 11.8. The first-order chi connectivity index (χ1) is 8.51. The number of rotatable bonds is 9. The van der Waals surface area contributed by atoms with Gasteiger partial charge in [0.15, 0.2) is 0 Å². The van der Waals surface area contributed by atoms with Gasteiger partial charge >= 0.3 is 0 Å². The normalized spacial score (nSPS) is 10.5. The lowest BCUT2D eigenvalue weighted by Crippen LogP contribution is -2.42. The molecule has 0 aliphatic carbocycles. The molecule has 0 saturated heterocycles. The molecule has 0 aliphatic heterocycles. The van der Waals surface area contributed by atoms with Gasteiger partial charge in [0.1, 0.15) is 0 Å². The molecule has 0 heterocycles. The fraction of sp³-hybridized carbons (Fsp3) is 0.833. The smallest absolute Gasteiger partial charge is 0.236 e. The van der Waals surface area contributed by atoms with Crippen LogP contribution in [0.15, 0.2) is 0 Å². The van der Waals surface area contributed by atoms with Gasteiger partial charge < -0.3 is 16.0 Å². The highest BCUT2D eigenvalue weighted by molar-refractivity contribution is 5.81. The second-order valence-corrected chi connectivity index (χ2v) is 4.48. The molecular weight excluding hydrogens is 232 g/mol. The molecule has 18 heavy (non-hydrogen) atoms. The van der Waals surface area contributed by atoms with Crippen molar-refractivity contribution in [1.82, 2.24) is 15.1 Å². The summed E-state index contributed by atoms with van der Waals surface area (Å²) in [5, 5.41) is 2.78. The van der Waals surface area contributed by atoms with Crippen molar-refractivity contribution in [3.63, 3.8) is 0 Å². The molecule has 0 aromatic heterocycles. The number of nitrogens with two attached hydrogens (primary N) is 1. The molecule has 0 aromatic carbocycles. The van der Waals surface area contributed by atoms with Gasteiger partial charge in [0.2, 0.25) is 11.8 Å². The average molecular weight is 258 g/mol. The van der Waals surface area contributed by atoms with Gasteiger partial charge in [-0.25, -0.2) is 0 Å². The van der Waals surface area contributed by atoms with Crippen LogP contribution in [0.4, 0.5) is 0 Å². The summed E-state index contributed by atoms with van der Waals surface area (Å²) < 4.78 is 0. The van der Waals surface area contributed by atoms with E-state index < -0.39 is 0 Å². The predicted molar refractivity (Wildman–Crippen MR) is 72.1 cm³/mol. The number of nitrogens with one attached hydrogen (secondary N) is 1. The zero-order valence-electron chi connectivity index (χ0n) is 11.7. The second kappa shape index (κ2) is 9.85. The van der Waals surface area contributed by atoms with Crippen LogP contribution in [0.25, 0.3) is 0 Å². The summed E-state index contributed by atoms with van der Waals surface area (Å²) in [6.45, 7) is 4.41. The van der Waals surface area contributed by atoms with E-state index in [2.05, 4.69) is 5.32 Å². The van der Waals surface area contributed by atoms with Crippen molar-refractivity contribution >= 4 is 11.8 Å². The van der Waals surface area contributed by atoms with Gasteiger partial charge in [0.25, 0.3) is 0 Å². The van der Waals surface area contributed by atoms with Crippen LogP contribution in [-0.4, -0.2) is 68.4 Å². The monoisotopic (exact) mass is 258 g/mol. The number of carbonyl (C=O) groups excluding carboxylic acids is 2. The summed E-state index contributed by atoms with van der Waals surface area (Å²) >= 11 is 0. The van der Waals surface area contributed by atoms with E-state index in [0.29, 0.717) is 19.6 Å². The van der Waals surface area contributed by atoms with E-state index in [0.717, 1.165) is 12.8 Å². The highest BCUT2D eigenvalue weighted by Crippen LogP contribution is 1.91. The SMILES string of the molecule is CCCNC(=O)CN(C)CC(=O)N(C)CCCN. The first kappa shape index (κ1) is 16.9. The van der Waals surface area contributed by atoms with Crippen molar-refractivity contribution in [2.45, 2.75) is 19.8 Å². The van der Waals surface area contributed by atoms with Crippen LogP contribution in [0.5, 0.6) is 0 Å². The van der Waals surface area contributed by atoms with Crippen molar-refractivity contribution < 1.29 is 9.59 Å². The van der Waals surface area contributed by atoms with E-state index in [4.69, 9.17) is 5.73 Å². The molecule has 0 rings (SSSR count). The number of hydrogen-bond donors (Lipinski definition) is 2. The largest absolute Gasteiger partial charge is 0.355 e. The third kappa shape index (κ3) is 8.03. The molecule has 3 N–H and O–H groups in total. The third-order valence-electron chi connectivity index (χ3n) is 2.51. The molecule has 6 heteroatoms. The Morgan fingerprint density at radius 3 is 2.44 bits per heavy atom. The molecule has 0 aliphatic rings. The average Bonchev–Trinajstić information content (AvgIpc) is 2.32. The Morgan fingerprint density at radius 1 is 1.22 bits per heavy atom. The van der Waals surface area contributed by atoms with Crippen LogP contribution in [0.2, 0.25) is 0 Å². The first-order valence-electron chi connectivity index (χ1n) is 6.40. The fourth-order valence-electron chi connectivity index (χ4n) is 1.43. The van der Waals surface area contributed by atoms with Crippen LogP contribution in [0.1, 0.15) is 19.8 Å². The van der Waals surface area contributed by atoms with E-state index in [1.54, 1.807) is 23.9 Å². The van der Waals surface area contributed by atoms with E-state index >= 15 is 0 Å². The fourth-order valence-corrected chi connectivity index (χ4v) is 1.43. The summed E-state index contributed by atoms with van der Waals surface area (Å²) in [6, 6.07) is 0. The summed E-state index contributed by atoms with van der Waals surface area (Å²) in [4.78, 5) is 26.6. The highest BCUT2D eigenvalue weighted by atomic mass is 16.2. The van der Waals surface area contributed by atoms with Crippen LogP contribution in [0, 0.1) is 0 Å². The van der Waals surface area contributed by atoms with E-state index in [-0.39, 0.29) is 24.9 Å². The Bertz CT molecular complexity index is 258. The van der Waals surface area contributed by atoms with Gasteiger partial charge in [-0.15, -0.1) is 0 Å². The lowest BCUT2D eigenvalue weighted by atomic mass is 10.3. The maximum atomic E-state index is 11.8. The number of nitrogens with zero attached hydrogens (tertiary/aromatic N) is 2. The lowest BCUT2D eigenvalue weighted by molar-refractivity contribution is -0.131. The molecule has 0 fully saturated rings. The number of hydrogen-bond acceptors (Lipinski definition) is 4. The minimum Gasteiger partial charge on any atom is -0.355 e. The molecule has 106 valence electrons. The Hall–Kier alpha value is -1.14. The van der Waals surface area contributed by atoms with Crippen molar-refractivity contribution in [3.05, 3.63) is 0 Å². The van der Waals surface area contributed by atoms with E-state index in [1.807, 2.05) is 6.92 Å². The number of likely N-dealkylation sites (N-methyl/N-ethyl adjacent to an activating group) is 2. The topological polar surface area (TPSA) is 78.7 Å². The van der Waals surface area contributed by atoms with Crippen LogP contribution >= 0.6 is 0 Å². The highest BCUT2D eigenvalue weighted by Gasteiger charge is 2.13. The van der Waals surface area contributed by atoms with Crippen LogP contribution in [-0.2, 0) is 9.59 Å². The molecule has 6 nitrogen and oxygen atoms in total. The molecule has 0 radical (unpaired) electrons. The van der Waals surface area contributed by atoms with Gasteiger partial charge in [0, 0.05) is 20.1 Å². The van der Waals surface area contributed by atoms with Gasteiger partial charge in [-0.1, -0.05) is 6.92 Å². The van der Waals surface area contributed by atoms with Crippen molar-refractivity contribution in [3.8, 4) is 0 Å². The first-order valence-corrected chi connectivity index (χ1v) is 6.40. The standard InChI is InChI=1S/C12H26N4O2/c1-4-7-14-11(17)9-15(2)10-12(18)16(3)8-5-6-13/h4-10,13H2,1-3H3,(H,14,17). The zero-order chi connectivity index (χ0) is 14.0. The molecule has 0 saturated carbocycles. The van der Waals surface area contributed by atoms with Gasteiger partial charge in [-0.2, -0.15) is 0 Å². The number of carbonyl (C=O) groups is 2. The molecule has 0 spiro atoms. The third-order valence-corrected chi connectivity index (χ3v) is 2.51. The van der Waals surface area contributed by atoms with Crippen molar-refractivity contribution in [2.24, 2.45) is 5.73 Å².